The Morgan fingerprint density at radius 1 is 1.07 bits per heavy atom. The largest absolute Gasteiger partial charge is 0.218 e. The second-order valence-electron chi connectivity index (χ2n) is 6.75. The second-order valence-corrected chi connectivity index (χ2v) is 8.64. The topological polar surface area (TPSA) is 81.7 Å². The quantitative estimate of drug-likeness (QED) is 0.711. The summed E-state index contributed by atoms with van der Waals surface area (Å²) >= 11 is 0. The molecule has 0 saturated heterocycles. The summed E-state index contributed by atoms with van der Waals surface area (Å²) in [7, 11) is -3.80. The third kappa shape index (κ3) is 3.07. The van der Waals surface area contributed by atoms with Crippen molar-refractivity contribution in [3.63, 3.8) is 0 Å². The summed E-state index contributed by atoms with van der Waals surface area (Å²) in [5, 5.41) is 18.7. The van der Waals surface area contributed by atoms with Gasteiger partial charge in [-0.2, -0.15) is 10.5 Å². The minimum absolute atomic E-state index is 0.00203. The number of rotatable bonds is 2. The molecule has 3 rings (SSSR count). The zero-order valence-corrected chi connectivity index (χ0v) is 16.1. The summed E-state index contributed by atoms with van der Waals surface area (Å²) in [5.41, 5.74) is 3.23. The van der Waals surface area contributed by atoms with E-state index in [9.17, 15) is 18.9 Å². The van der Waals surface area contributed by atoms with Crippen molar-refractivity contribution in [2.45, 2.75) is 31.6 Å². The van der Waals surface area contributed by atoms with Gasteiger partial charge in [-0.05, 0) is 41.7 Å². The summed E-state index contributed by atoms with van der Waals surface area (Å²) in [4.78, 5) is 0.132. The standard InChI is InChI=1S/C22H18N2O2S/c1-14(2)16-8-9-17(15(3)10-16)11-21-22(18(12-23)13-24)19-6-4-5-7-20(19)27(21,25)26/h4-11,14H,1-3H3/b21-11-. The first kappa shape index (κ1) is 18.6. The molecule has 4 nitrogen and oxygen atoms in total. The third-order valence-electron chi connectivity index (χ3n) is 4.70. The van der Waals surface area contributed by atoms with Crippen LogP contribution in [0.2, 0.25) is 0 Å². The Labute approximate surface area is 159 Å². The number of sulfone groups is 1. The molecule has 2 aromatic rings. The fraction of sp³-hybridized carbons (Fsp3) is 0.182. The highest BCUT2D eigenvalue weighted by molar-refractivity contribution is 7.96. The molecule has 1 aliphatic heterocycles. The predicted molar refractivity (Wildman–Crippen MR) is 105 cm³/mol. The maximum atomic E-state index is 13.1. The molecule has 0 atom stereocenters. The first-order chi connectivity index (χ1) is 12.8. The lowest BCUT2D eigenvalue weighted by Gasteiger charge is -2.10. The van der Waals surface area contributed by atoms with Crippen LogP contribution < -0.4 is 0 Å². The molecule has 1 heterocycles. The van der Waals surface area contributed by atoms with E-state index >= 15 is 0 Å². The Morgan fingerprint density at radius 3 is 2.33 bits per heavy atom. The van der Waals surface area contributed by atoms with Gasteiger partial charge in [-0.15, -0.1) is 0 Å². The molecule has 0 fully saturated rings. The molecule has 0 aliphatic carbocycles. The molecule has 0 aromatic heterocycles. The lowest BCUT2D eigenvalue weighted by Crippen LogP contribution is -1.99. The van der Waals surface area contributed by atoms with Gasteiger partial charge < -0.3 is 0 Å². The summed E-state index contributed by atoms with van der Waals surface area (Å²) < 4.78 is 26.2. The summed E-state index contributed by atoms with van der Waals surface area (Å²) in [6.45, 7) is 6.11. The summed E-state index contributed by atoms with van der Waals surface area (Å²) in [5.74, 6) is 0.365. The molecular formula is C22H18N2O2S. The minimum atomic E-state index is -3.80. The molecule has 0 amide bonds. The van der Waals surface area contributed by atoms with Crippen LogP contribution in [0.1, 0.15) is 42.0 Å². The summed E-state index contributed by atoms with van der Waals surface area (Å²) in [6.07, 6.45) is 1.57. The highest BCUT2D eigenvalue weighted by Gasteiger charge is 2.37. The number of aryl methyl sites for hydroxylation is 1. The first-order valence-corrected chi connectivity index (χ1v) is 10.0. The van der Waals surface area contributed by atoms with Crippen LogP contribution in [0.15, 0.2) is 57.8 Å². The molecule has 0 N–H and O–H groups in total. The number of fused-ring (bicyclic) bond motifs is 1. The van der Waals surface area contributed by atoms with Crippen molar-refractivity contribution < 1.29 is 8.42 Å². The van der Waals surface area contributed by atoms with Crippen molar-refractivity contribution in [1.82, 2.24) is 0 Å². The Morgan fingerprint density at radius 2 is 1.74 bits per heavy atom. The number of allylic oxidation sites excluding steroid dienone is 2. The van der Waals surface area contributed by atoms with Gasteiger partial charge in [0.05, 0.1) is 9.80 Å². The molecule has 1 aliphatic rings. The van der Waals surface area contributed by atoms with Gasteiger partial charge >= 0.3 is 0 Å². The van der Waals surface area contributed by atoms with Crippen molar-refractivity contribution in [1.29, 1.82) is 10.5 Å². The Hall–Kier alpha value is -3.15. The molecule has 0 bridgehead atoms. The monoisotopic (exact) mass is 374 g/mol. The third-order valence-corrected chi connectivity index (χ3v) is 6.54. The smallest absolute Gasteiger partial charge is 0.207 e. The van der Waals surface area contributed by atoms with Crippen molar-refractivity contribution >= 4 is 21.5 Å². The van der Waals surface area contributed by atoms with Gasteiger partial charge in [0, 0.05) is 11.1 Å². The molecule has 134 valence electrons. The summed E-state index contributed by atoms with van der Waals surface area (Å²) in [6, 6.07) is 16.0. The number of hydrogen-bond donors (Lipinski definition) is 0. The van der Waals surface area contributed by atoms with Crippen LogP contribution in [0.25, 0.3) is 11.6 Å². The zero-order valence-electron chi connectivity index (χ0n) is 15.3. The fourth-order valence-corrected chi connectivity index (χ4v) is 4.92. The van der Waals surface area contributed by atoms with Crippen LogP contribution in [-0.4, -0.2) is 8.42 Å². The van der Waals surface area contributed by atoms with E-state index in [1.54, 1.807) is 24.3 Å². The van der Waals surface area contributed by atoms with Crippen molar-refractivity contribution in [2.75, 3.05) is 0 Å². The van der Waals surface area contributed by atoms with Gasteiger partial charge in [0.1, 0.15) is 17.7 Å². The maximum Gasteiger partial charge on any atom is 0.207 e. The van der Waals surface area contributed by atoms with Crippen LogP contribution >= 0.6 is 0 Å². The van der Waals surface area contributed by atoms with Crippen LogP contribution in [0.5, 0.6) is 0 Å². The predicted octanol–water partition coefficient (Wildman–Crippen LogP) is 4.75. The molecule has 27 heavy (non-hydrogen) atoms. The second kappa shape index (κ2) is 6.87. The van der Waals surface area contributed by atoms with Gasteiger partial charge in [-0.1, -0.05) is 50.2 Å². The van der Waals surface area contributed by atoms with E-state index in [2.05, 4.69) is 13.8 Å². The van der Waals surface area contributed by atoms with Crippen molar-refractivity contribution in [3.05, 3.63) is 75.2 Å². The molecule has 0 radical (unpaired) electrons. The van der Waals surface area contributed by atoms with Gasteiger partial charge in [0.2, 0.25) is 9.84 Å². The lowest BCUT2D eigenvalue weighted by molar-refractivity contribution is 0.604. The normalized spacial score (nSPS) is 16.1. The van der Waals surface area contributed by atoms with Crippen LogP contribution in [0, 0.1) is 29.6 Å². The van der Waals surface area contributed by atoms with E-state index in [0.717, 1.165) is 16.7 Å². The molecule has 0 saturated carbocycles. The minimum Gasteiger partial charge on any atom is -0.218 e. The number of benzene rings is 2. The van der Waals surface area contributed by atoms with Gasteiger partial charge in [-0.25, -0.2) is 8.42 Å². The first-order valence-electron chi connectivity index (χ1n) is 8.52. The Kier molecular flexibility index (Phi) is 4.74. The molecule has 5 heteroatoms. The van der Waals surface area contributed by atoms with Gasteiger partial charge in [-0.3, -0.25) is 0 Å². The van der Waals surface area contributed by atoms with E-state index in [-0.39, 0.29) is 20.9 Å². The number of nitrogens with zero attached hydrogens (tertiary/aromatic N) is 2. The Bertz CT molecular complexity index is 1170. The van der Waals surface area contributed by atoms with E-state index in [1.807, 2.05) is 37.3 Å². The van der Waals surface area contributed by atoms with E-state index in [1.165, 1.54) is 6.07 Å². The van der Waals surface area contributed by atoms with Crippen molar-refractivity contribution in [2.24, 2.45) is 0 Å². The zero-order chi connectivity index (χ0) is 19.8. The number of hydrogen-bond acceptors (Lipinski definition) is 4. The molecule has 2 aromatic carbocycles. The fourth-order valence-electron chi connectivity index (χ4n) is 3.20. The van der Waals surface area contributed by atoms with E-state index in [0.29, 0.717) is 11.5 Å². The van der Waals surface area contributed by atoms with E-state index < -0.39 is 9.84 Å². The number of nitriles is 2. The van der Waals surface area contributed by atoms with Crippen LogP contribution in [0.3, 0.4) is 0 Å². The highest BCUT2D eigenvalue weighted by Crippen LogP contribution is 2.45. The highest BCUT2D eigenvalue weighted by atomic mass is 32.2. The van der Waals surface area contributed by atoms with Crippen molar-refractivity contribution in [3.8, 4) is 12.1 Å². The average molecular weight is 374 g/mol. The van der Waals surface area contributed by atoms with E-state index in [4.69, 9.17) is 0 Å². The molecular weight excluding hydrogens is 356 g/mol. The van der Waals surface area contributed by atoms with Gasteiger partial charge in [0.15, 0.2) is 0 Å². The lowest BCUT2D eigenvalue weighted by atomic mass is 9.96. The maximum absolute atomic E-state index is 13.1. The molecule has 0 unspecified atom stereocenters. The SMILES string of the molecule is Cc1cc(C(C)C)ccc1/C=C1/C(=C(C#N)C#N)c2ccccc2S1(=O)=O. The van der Waals surface area contributed by atoms with Crippen LogP contribution in [0.4, 0.5) is 0 Å². The Balaban J connectivity index is 2.32. The molecule has 0 spiro atoms. The average Bonchev–Trinajstić information content (AvgIpc) is 2.86. The van der Waals surface area contributed by atoms with Gasteiger partial charge in [0.25, 0.3) is 0 Å². The van der Waals surface area contributed by atoms with Crippen LogP contribution in [-0.2, 0) is 9.84 Å².